The van der Waals surface area contributed by atoms with E-state index < -0.39 is 23.8 Å². The number of benzene rings is 2. The van der Waals surface area contributed by atoms with Crippen molar-refractivity contribution in [1.29, 1.82) is 0 Å². The highest BCUT2D eigenvalue weighted by Crippen LogP contribution is 2.49. The van der Waals surface area contributed by atoms with Crippen molar-refractivity contribution in [3.05, 3.63) is 68.2 Å². The fourth-order valence-electron chi connectivity index (χ4n) is 3.79. The van der Waals surface area contributed by atoms with Crippen LogP contribution in [0, 0.1) is 0 Å². The van der Waals surface area contributed by atoms with Gasteiger partial charge in [-0.25, -0.2) is 4.39 Å². The maximum atomic E-state index is 14.5. The van der Waals surface area contributed by atoms with E-state index in [0.717, 1.165) is 0 Å². The van der Waals surface area contributed by atoms with E-state index in [0.29, 0.717) is 29.9 Å². The lowest BCUT2D eigenvalue weighted by atomic mass is 9.76. The van der Waals surface area contributed by atoms with Gasteiger partial charge in [0.05, 0.1) is 21.6 Å². The van der Waals surface area contributed by atoms with Crippen molar-refractivity contribution in [2.45, 2.75) is 23.7 Å². The summed E-state index contributed by atoms with van der Waals surface area (Å²) >= 11 is 17.9. The molecule has 0 radical (unpaired) electrons. The molecule has 0 spiro atoms. The molecule has 9 heteroatoms. The predicted octanol–water partition coefficient (Wildman–Crippen LogP) is 5.08. The van der Waals surface area contributed by atoms with Gasteiger partial charge in [-0.3, -0.25) is 4.99 Å². The molecule has 4 rings (SSSR count). The molecule has 2 nitrogen and oxygen atoms in total. The number of hydrogen-bond acceptors (Lipinski definition) is 1. The van der Waals surface area contributed by atoms with E-state index in [1.165, 1.54) is 12.1 Å². The second-order valence-electron chi connectivity index (χ2n) is 7.51. The summed E-state index contributed by atoms with van der Waals surface area (Å²) in [7, 11) is 0. The van der Waals surface area contributed by atoms with Crippen molar-refractivity contribution in [2.24, 2.45) is 4.99 Å². The topological polar surface area (TPSA) is 29.0 Å². The zero-order valence-corrected chi connectivity index (χ0v) is 17.2. The van der Waals surface area contributed by atoms with Gasteiger partial charge < -0.3 is 5.32 Å². The van der Waals surface area contributed by atoms with Gasteiger partial charge in [-0.2, -0.15) is 13.2 Å². The number of hydrogen-bond donors (Lipinski definition) is 1. The average Bonchev–Trinajstić information content (AvgIpc) is 3.11. The van der Waals surface area contributed by atoms with Gasteiger partial charge in [0, 0.05) is 17.7 Å². The van der Waals surface area contributed by atoms with Gasteiger partial charge in [0.15, 0.2) is 0 Å². The Labute approximate surface area is 179 Å². The molecule has 0 bridgehead atoms. The molecule has 1 fully saturated rings. The average molecular weight is 467 g/mol. The summed E-state index contributed by atoms with van der Waals surface area (Å²) in [5, 5.41) is 1.79. The number of quaternary nitrogens is 1. The molecule has 2 aromatic rings. The molecule has 1 atom stereocenters. The Morgan fingerprint density at radius 2 is 1.52 bits per heavy atom. The summed E-state index contributed by atoms with van der Waals surface area (Å²) in [6.45, 7) is 0.217. The number of nitrogens with two attached hydrogens (primary N) is 1. The summed E-state index contributed by atoms with van der Waals surface area (Å²) in [5.41, 5.74) is -2.32. The Balaban J connectivity index is 1.67. The van der Waals surface area contributed by atoms with Crippen molar-refractivity contribution in [2.75, 3.05) is 19.6 Å². The number of alkyl halides is 4. The standard InChI is InChI=1S/C20H15Cl3F4N2/c21-14-5-13(6-15(22)17(14)23)18(20(25,26)27)7-16(29-8-18)11-1-3-12(4-2-11)19(24)9-28-10-19/h1-6,28H,7-10H2/p+1. The van der Waals surface area contributed by atoms with E-state index in [2.05, 4.69) is 4.99 Å². The SMILES string of the molecule is FC1(c2ccc(C3=NCC(c4cc(Cl)c(Cl)c(Cl)c4)(C(F)(F)F)C3)cc2)C[NH2+]C1. The van der Waals surface area contributed by atoms with Crippen LogP contribution >= 0.6 is 34.8 Å². The minimum Gasteiger partial charge on any atom is -0.340 e. The second kappa shape index (κ2) is 7.12. The van der Waals surface area contributed by atoms with Crippen LogP contribution in [0.5, 0.6) is 0 Å². The second-order valence-corrected chi connectivity index (χ2v) is 8.71. The number of halogens is 7. The molecule has 0 saturated carbocycles. The lowest BCUT2D eigenvalue weighted by Gasteiger charge is -2.32. The minimum atomic E-state index is -4.58. The van der Waals surface area contributed by atoms with Crippen LogP contribution in [0.25, 0.3) is 0 Å². The van der Waals surface area contributed by atoms with Crippen LogP contribution in [-0.4, -0.2) is 31.5 Å². The molecule has 2 heterocycles. The van der Waals surface area contributed by atoms with Crippen molar-refractivity contribution < 1.29 is 22.9 Å². The highest BCUT2D eigenvalue weighted by atomic mass is 35.5. The summed E-state index contributed by atoms with van der Waals surface area (Å²) in [6.07, 6.45) is -4.94. The Bertz CT molecular complexity index is 961. The molecular formula is C20H16Cl3F4N2+. The third-order valence-electron chi connectivity index (χ3n) is 5.76. The van der Waals surface area contributed by atoms with Crippen molar-refractivity contribution in [3.63, 3.8) is 0 Å². The fraction of sp³-hybridized carbons (Fsp3) is 0.350. The smallest absolute Gasteiger partial charge is 0.340 e. The van der Waals surface area contributed by atoms with Gasteiger partial charge in [-0.05, 0) is 23.3 Å². The summed E-state index contributed by atoms with van der Waals surface area (Å²) in [6, 6.07) is 8.89. The van der Waals surface area contributed by atoms with Gasteiger partial charge >= 0.3 is 6.18 Å². The minimum absolute atomic E-state index is 0.0116. The maximum absolute atomic E-state index is 14.5. The predicted molar refractivity (Wildman–Crippen MR) is 106 cm³/mol. The molecule has 2 aliphatic rings. The van der Waals surface area contributed by atoms with Crippen LogP contribution in [0.15, 0.2) is 41.4 Å². The first-order chi connectivity index (χ1) is 13.6. The van der Waals surface area contributed by atoms with Crippen molar-refractivity contribution in [1.82, 2.24) is 0 Å². The van der Waals surface area contributed by atoms with E-state index in [1.54, 1.807) is 24.3 Å². The van der Waals surface area contributed by atoms with Crippen LogP contribution < -0.4 is 5.32 Å². The van der Waals surface area contributed by atoms with Gasteiger partial charge in [0.2, 0.25) is 5.67 Å². The zero-order valence-electron chi connectivity index (χ0n) is 15.0. The molecule has 0 aromatic heterocycles. The Hall–Kier alpha value is -1.34. The summed E-state index contributed by atoms with van der Waals surface area (Å²) in [5.74, 6) is 0. The molecular weight excluding hydrogens is 451 g/mol. The first-order valence-electron chi connectivity index (χ1n) is 8.92. The molecule has 0 amide bonds. The molecule has 2 aromatic carbocycles. The quantitative estimate of drug-likeness (QED) is 0.483. The third-order valence-corrected chi connectivity index (χ3v) is 6.96. The number of nitrogens with zero attached hydrogens (tertiary/aromatic N) is 1. The van der Waals surface area contributed by atoms with Crippen LogP contribution in [-0.2, 0) is 11.1 Å². The van der Waals surface area contributed by atoms with Crippen LogP contribution in [0.4, 0.5) is 17.6 Å². The first-order valence-corrected chi connectivity index (χ1v) is 10.1. The van der Waals surface area contributed by atoms with Crippen molar-refractivity contribution in [3.8, 4) is 0 Å². The van der Waals surface area contributed by atoms with E-state index in [1.807, 2.05) is 5.32 Å². The highest BCUT2D eigenvalue weighted by molar-refractivity contribution is 6.48. The third kappa shape index (κ3) is 3.44. The molecule has 0 aliphatic carbocycles. The van der Waals surface area contributed by atoms with E-state index in [4.69, 9.17) is 34.8 Å². The molecule has 2 aliphatic heterocycles. The summed E-state index contributed by atoms with van der Waals surface area (Å²) in [4.78, 5) is 4.19. The highest BCUT2D eigenvalue weighted by Gasteiger charge is 2.58. The Morgan fingerprint density at radius 1 is 0.931 bits per heavy atom. The van der Waals surface area contributed by atoms with E-state index in [9.17, 15) is 17.6 Å². The monoisotopic (exact) mass is 465 g/mol. The lowest BCUT2D eigenvalue weighted by Crippen LogP contribution is -3.00. The largest absolute Gasteiger partial charge is 0.400 e. The number of rotatable bonds is 3. The Kier molecular flexibility index (Phi) is 5.13. The Morgan fingerprint density at radius 3 is 2.00 bits per heavy atom. The van der Waals surface area contributed by atoms with E-state index in [-0.39, 0.29) is 27.1 Å². The number of aliphatic imine (C=N–C) groups is 1. The molecule has 1 saturated heterocycles. The van der Waals surface area contributed by atoms with Gasteiger partial charge in [-0.1, -0.05) is 59.1 Å². The lowest BCUT2D eigenvalue weighted by molar-refractivity contribution is -0.740. The molecule has 154 valence electrons. The van der Waals surface area contributed by atoms with Gasteiger partial charge in [0.1, 0.15) is 18.5 Å². The molecule has 2 N–H and O–H groups in total. The van der Waals surface area contributed by atoms with Crippen molar-refractivity contribution >= 4 is 40.5 Å². The maximum Gasteiger partial charge on any atom is 0.400 e. The van der Waals surface area contributed by atoms with Gasteiger partial charge in [-0.15, -0.1) is 0 Å². The zero-order chi connectivity index (χ0) is 21.0. The first kappa shape index (κ1) is 20.9. The fourth-order valence-corrected chi connectivity index (χ4v) is 4.39. The molecule has 29 heavy (non-hydrogen) atoms. The van der Waals surface area contributed by atoms with Crippen LogP contribution in [0.1, 0.15) is 23.1 Å². The van der Waals surface area contributed by atoms with E-state index >= 15 is 0 Å². The van der Waals surface area contributed by atoms with Crippen LogP contribution in [0.2, 0.25) is 15.1 Å². The normalized spacial score (nSPS) is 23.6. The summed E-state index contributed by atoms with van der Waals surface area (Å²) < 4.78 is 57.1. The van der Waals surface area contributed by atoms with Crippen LogP contribution in [0.3, 0.4) is 0 Å². The molecule has 1 unspecified atom stereocenters. The van der Waals surface area contributed by atoms with Gasteiger partial charge in [0.25, 0.3) is 0 Å².